The summed E-state index contributed by atoms with van der Waals surface area (Å²) in [6, 6.07) is 7.19. The van der Waals surface area contributed by atoms with Gasteiger partial charge >= 0.3 is 18.2 Å². The monoisotopic (exact) mass is 853 g/mol. The lowest BCUT2D eigenvalue weighted by molar-refractivity contribution is 0.000857. The minimum atomic E-state index is -2.93. The predicted octanol–water partition coefficient (Wildman–Crippen LogP) is 8.47. The molecule has 0 spiro atoms. The Morgan fingerprint density at radius 1 is 1.06 bits per heavy atom. The Bertz CT molecular complexity index is 2600. The molecule has 1 unspecified atom stereocenters. The van der Waals surface area contributed by atoms with Gasteiger partial charge in [-0.2, -0.15) is 9.97 Å². The third-order valence-corrected chi connectivity index (χ3v) is 12.3. The second-order valence-corrected chi connectivity index (χ2v) is 19.3. The summed E-state index contributed by atoms with van der Waals surface area (Å²) in [5.41, 5.74) is -1.15. The van der Waals surface area contributed by atoms with Crippen molar-refractivity contribution < 1.29 is 41.7 Å². The van der Waals surface area contributed by atoms with Crippen LogP contribution >= 0.6 is 0 Å². The average Bonchev–Trinajstić information content (AvgIpc) is 3.69. The summed E-state index contributed by atoms with van der Waals surface area (Å²) in [4.78, 5) is 46.8. The maximum absolute atomic E-state index is 17.9. The molecule has 62 heavy (non-hydrogen) atoms. The number of nitrogens with one attached hydrogen (secondary N) is 1. The molecule has 9 rings (SSSR count). The molecule has 5 aliphatic rings. The van der Waals surface area contributed by atoms with E-state index in [9.17, 15) is 18.4 Å². The standard InChI is InChI=1S/C46H50F3N7O6/c1-10-26-12-11-13-27-16-28(50-41(57)61-43(4,5)6)17-30(32(26)27)35-34(47)36-33-38(53-40(52-36)59-23-45-18-24(2)19-54(45)22-46(48,49)21-45)55-20-29-14-15-31(37(55)25(3)60-39(33)51-35)56(29)42(58)62-44(7,8)9/h1,11-13,16-17,25,29,31,37H,2,14-15,18-23H2,3-9H3,(H,50,57)/t25-,29+,31-,37+,45?/m0/s1. The molecule has 4 aromatic rings. The molecule has 2 aromatic carbocycles. The number of rotatable bonds is 5. The van der Waals surface area contributed by atoms with E-state index in [2.05, 4.69) is 22.8 Å². The van der Waals surface area contributed by atoms with Crippen LogP contribution in [0.15, 0.2) is 42.5 Å². The highest BCUT2D eigenvalue weighted by molar-refractivity contribution is 6.06. The van der Waals surface area contributed by atoms with Crippen LogP contribution in [0.4, 0.5) is 34.3 Å². The van der Waals surface area contributed by atoms with Gasteiger partial charge in [-0.15, -0.1) is 6.42 Å². The number of fused-ring (bicyclic) bond motifs is 7. The fourth-order valence-corrected chi connectivity index (χ4v) is 10.2. The normalized spacial score (nSPS) is 25.2. The van der Waals surface area contributed by atoms with Gasteiger partial charge in [-0.25, -0.2) is 27.7 Å². The average molecular weight is 854 g/mol. The number of amides is 2. The Morgan fingerprint density at radius 3 is 2.55 bits per heavy atom. The Balaban J connectivity index is 1.22. The number of carbonyl (C=O) groups is 2. The maximum Gasteiger partial charge on any atom is 0.412 e. The number of alkyl halides is 2. The second kappa shape index (κ2) is 14.4. The number of hydrogen-bond acceptors (Lipinski definition) is 11. The first-order valence-corrected chi connectivity index (χ1v) is 20.9. The lowest BCUT2D eigenvalue weighted by Gasteiger charge is -2.48. The summed E-state index contributed by atoms with van der Waals surface area (Å²) in [5.74, 6) is -0.775. The lowest BCUT2D eigenvalue weighted by Crippen LogP contribution is -2.65. The molecule has 7 heterocycles. The topological polar surface area (TPSA) is 131 Å². The molecular weight excluding hydrogens is 804 g/mol. The molecule has 16 heteroatoms. The van der Waals surface area contributed by atoms with Crippen LogP contribution in [-0.2, 0) is 9.47 Å². The van der Waals surface area contributed by atoms with Crippen LogP contribution in [0.2, 0.25) is 0 Å². The van der Waals surface area contributed by atoms with Crippen molar-refractivity contribution in [3.05, 3.63) is 53.9 Å². The quantitative estimate of drug-likeness (QED) is 0.153. The van der Waals surface area contributed by atoms with Gasteiger partial charge in [0.15, 0.2) is 5.82 Å². The third-order valence-electron chi connectivity index (χ3n) is 12.3. The van der Waals surface area contributed by atoms with E-state index in [1.807, 2.05) is 32.6 Å². The molecule has 2 aromatic heterocycles. The number of aromatic nitrogens is 3. The van der Waals surface area contributed by atoms with Crippen molar-refractivity contribution in [2.24, 2.45) is 0 Å². The van der Waals surface area contributed by atoms with E-state index >= 15 is 4.39 Å². The van der Waals surface area contributed by atoms with E-state index in [-0.39, 0.29) is 64.2 Å². The highest BCUT2D eigenvalue weighted by atomic mass is 19.3. The fraction of sp³-hybridized carbons (Fsp3) is 0.500. The summed E-state index contributed by atoms with van der Waals surface area (Å²) in [5, 5.41) is 4.02. The van der Waals surface area contributed by atoms with Gasteiger partial charge in [-0.1, -0.05) is 30.2 Å². The zero-order valence-electron chi connectivity index (χ0n) is 35.9. The molecule has 0 aliphatic carbocycles. The fourth-order valence-electron chi connectivity index (χ4n) is 10.2. The molecule has 1 N–H and O–H groups in total. The number of piperazine rings is 1. The van der Waals surface area contributed by atoms with Crippen LogP contribution in [0.5, 0.6) is 11.9 Å². The van der Waals surface area contributed by atoms with Gasteiger partial charge in [0.25, 0.3) is 5.92 Å². The van der Waals surface area contributed by atoms with Crippen LogP contribution < -0.4 is 19.7 Å². The predicted molar refractivity (Wildman–Crippen MR) is 227 cm³/mol. The van der Waals surface area contributed by atoms with Gasteiger partial charge in [0.1, 0.15) is 46.3 Å². The zero-order chi connectivity index (χ0) is 44.3. The Kier molecular flexibility index (Phi) is 9.62. The molecule has 13 nitrogen and oxygen atoms in total. The highest BCUT2D eigenvalue weighted by Gasteiger charge is 2.58. The first-order valence-electron chi connectivity index (χ1n) is 20.9. The van der Waals surface area contributed by atoms with E-state index < -0.39 is 65.8 Å². The molecule has 2 amide bonds. The SMILES string of the molecule is C#Cc1cccc2cc(NC(=O)OC(C)(C)C)cc(-c3nc4c5c(nc(OCC67CC(=C)CN6CC(F)(F)C7)nc5c3F)N3C[C@H]5CC[C@@H]([C@H]3[C@H](C)O4)N5C(=O)OC(C)(C)C)c12. The molecule has 4 saturated heterocycles. The number of carbonyl (C=O) groups excluding carboxylic acids is 2. The van der Waals surface area contributed by atoms with Crippen molar-refractivity contribution in [1.82, 2.24) is 24.8 Å². The van der Waals surface area contributed by atoms with Crippen LogP contribution in [0.25, 0.3) is 32.9 Å². The van der Waals surface area contributed by atoms with Crippen molar-refractivity contribution in [2.75, 3.05) is 36.5 Å². The minimum Gasteiger partial charge on any atom is -0.472 e. The van der Waals surface area contributed by atoms with Crippen molar-refractivity contribution in [2.45, 2.75) is 121 Å². The number of hydrogen-bond donors (Lipinski definition) is 1. The summed E-state index contributed by atoms with van der Waals surface area (Å²) >= 11 is 0. The Labute approximate surface area is 357 Å². The van der Waals surface area contributed by atoms with Crippen LogP contribution in [0.3, 0.4) is 0 Å². The number of anilines is 2. The molecule has 0 radical (unpaired) electrons. The van der Waals surface area contributed by atoms with Gasteiger partial charge in [0, 0.05) is 41.7 Å². The minimum absolute atomic E-state index is 0.0312. The molecule has 5 atom stereocenters. The number of terminal acetylenes is 1. The summed E-state index contributed by atoms with van der Waals surface area (Å²) in [7, 11) is 0. The van der Waals surface area contributed by atoms with E-state index in [4.69, 9.17) is 35.3 Å². The molecule has 326 valence electrons. The molecule has 5 aliphatic heterocycles. The number of ether oxygens (including phenoxy) is 4. The first-order chi connectivity index (χ1) is 29.1. The van der Waals surface area contributed by atoms with Crippen molar-refractivity contribution >= 4 is 45.4 Å². The highest BCUT2D eigenvalue weighted by Crippen LogP contribution is 2.50. The lowest BCUT2D eigenvalue weighted by atomic mass is 9.93. The molecular formula is C46H50F3N7O6. The number of benzene rings is 2. The first kappa shape index (κ1) is 41.5. The van der Waals surface area contributed by atoms with Crippen molar-refractivity contribution in [3.8, 4) is 35.5 Å². The molecule has 4 fully saturated rings. The van der Waals surface area contributed by atoms with Crippen LogP contribution in [-0.4, -0.2) is 110 Å². The number of nitrogens with zero attached hydrogens (tertiary/aromatic N) is 6. The van der Waals surface area contributed by atoms with Gasteiger partial charge in [-0.05, 0) is 91.3 Å². The van der Waals surface area contributed by atoms with Gasteiger partial charge in [0.2, 0.25) is 5.88 Å². The smallest absolute Gasteiger partial charge is 0.412 e. The van der Waals surface area contributed by atoms with Gasteiger partial charge in [0.05, 0.1) is 30.2 Å². The Hall–Kier alpha value is -5.82. The number of halogens is 3. The van der Waals surface area contributed by atoms with Crippen molar-refractivity contribution in [3.63, 3.8) is 0 Å². The molecule has 0 saturated carbocycles. The van der Waals surface area contributed by atoms with Crippen LogP contribution in [0, 0.1) is 18.2 Å². The van der Waals surface area contributed by atoms with E-state index in [0.29, 0.717) is 48.7 Å². The van der Waals surface area contributed by atoms with Crippen LogP contribution in [0.1, 0.15) is 79.7 Å². The summed E-state index contributed by atoms with van der Waals surface area (Å²) in [6.45, 7) is 16.6. The third kappa shape index (κ3) is 7.27. The van der Waals surface area contributed by atoms with Gasteiger partial charge < -0.3 is 23.8 Å². The largest absolute Gasteiger partial charge is 0.472 e. The van der Waals surface area contributed by atoms with Gasteiger partial charge in [-0.3, -0.25) is 15.1 Å². The number of pyridine rings is 1. The van der Waals surface area contributed by atoms with Crippen molar-refractivity contribution in [1.29, 1.82) is 0 Å². The van der Waals surface area contributed by atoms with E-state index in [1.54, 1.807) is 60.9 Å². The summed E-state index contributed by atoms with van der Waals surface area (Å²) in [6.07, 6.45) is 5.43. The maximum atomic E-state index is 17.9. The van der Waals surface area contributed by atoms with E-state index in [1.165, 1.54) is 0 Å². The molecule has 2 bridgehead atoms. The Morgan fingerprint density at radius 2 is 1.82 bits per heavy atom. The summed E-state index contributed by atoms with van der Waals surface area (Å²) < 4.78 is 72.2. The second-order valence-electron chi connectivity index (χ2n) is 19.3. The van der Waals surface area contributed by atoms with E-state index in [0.717, 1.165) is 5.57 Å². The zero-order valence-corrected chi connectivity index (χ0v) is 35.9.